The first kappa shape index (κ1) is 21.3. The number of aromatic nitrogens is 2. The van der Waals surface area contributed by atoms with Crippen LogP contribution in [-0.2, 0) is 4.79 Å². The van der Waals surface area contributed by atoms with Crippen molar-refractivity contribution in [3.8, 4) is 5.69 Å². The van der Waals surface area contributed by atoms with Crippen molar-refractivity contribution in [2.24, 2.45) is 10.2 Å². The van der Waals surface area contributed by atoms with Crippen molar-refractivity contribution in [3.05, 3.63) is 75.8 Å². The lowest BCUT2D eigenvalue weighted by molar-refractivity contribution is -0.115. The van der Waals surface area contributed by atoms with Gasteiger partial charge in [-0.1, -0.05) is 47.2 Å². The molecule has 8 heteroatoms. The number of anilines is 1. The van der Waals surface area contributed by atoms with Crippen LogP contribution in [0.3, 0.4) is 0 Å². The Balaban J connectivity index is 1.72. The number of nitrogens with one attached hydrogen (secondary N) is 1. The summed E-state index contributed by atoms with van der Waals surface area (Å²) in [6.07, 6.45) is 0. The van der Waals surface area contributed by atoms with E-state index >= 15 is 0 Å². The maximum atomic E-state index is 12.5. The van der Waals surface area contributed by atoms with E-state index in [0.717, 1.165) is 28.3 Å². The first-order chi connectivity index (χ1) is 14.8. The number of nitrogens with zero attached hydrogens (tertiary/aromatic N) is 4. The fourth-order valence-electron chi connectivity index (χ4n) is 3.47. The number of aromatic amines is 1. The van der Waals surface area contributed by atoms with E-state index in [1.807, 2.05) is 61.7 Å². The summed E-state index contributed by atoms with van der Waals surface area (Å²) in [6.45, 7) is 7.93. The third-order valence-corrected chi connectivity index (χ3v) is 6.25. The summed E-state index contributed by atoms with van der Waals surface area (Å²) in [5.41, 5.74) is 6.57. The number of carbonyl (C=O) groups excluding carboxylic acids is 1. The molecule has 0 bridgehead atoms. The van der Waals surface area contributed by atoms with E-state index in [9.17, 15) is 4.79 Å². The number of thioether (sulfide) groups is 1. The predicted molar refractivity (Wildman–Crippen MR) is 131 cm³/mol. The van der Waals surface area contributed by atoms with Crippen LogP contribution in [0.15, 0.2) is 58.7 Å². The van der Waals surface area contributed by atoms with Crippen molar-refractivity contribution in [3.63, 3.8) is 0 Å². The highest BCUT2D eigenvalue weighted by Crippen LogP contribution is 2.27. The van der Waals surface area contributed by atoms with Crippen molar-refractivity contribution in [1.29, 1.82) is 0 Å². The second-order valence-electron chi connectivity index (χ2n) is 7.50. The zero-order valence-corrected chi connectivity index (χ0v) is 19.5. The van der Waals surface area contributed by atoms with Gasteiger partial charge in [0.1, 0.15) is 0 Å². The summed E-state index contributed by atoms with van der Waals surface area (Å²) in [5, 5.41) is 9.50. The van der Waals surface area contributed by atoms with Crippen LogP contribution in [-0.4, -0.2) is 32.1 Å². The third kappa shape index (κ3) is 4.26. The molecule has 4 rings (SSSR count). The molecule has 0 aliphatic carbocycles. The zero-order chi connectivity index (χ0) is 22.1. The van der Waals surface area contributed by atoms with Crippen molar-refractivity contribution in [2.45, 2.75) is 27.7 Å². The molecule has 1 amide bonds. The largest absolute Gasteiger partial charge is 0.334 e. The van der Waals surface area contributed by atoms with E-state index in [-0.39, 0.29) is 5.91 Å². The monoisotopic (exact) mass is 449 g/mol. The van der Waals surface area contributed by atoms with Crippen molar-refractivity contribution in [2.75, 3.05) is 10.7 Å². The van der Waals surface area contributed by atoms with Gasteiger partial charge in [-0.05, 0) is 64.2 Å². The number of benzene rings is 2. The first-order valence-corrected chi connectivity index (χ1v) is 11.3. The van der Waals surface area contributed by atoms with Gasteiger partial charge in [-0.2, -0.15) is 5.10 Å². The molecule has 0 radical (unpaired) electrons. The molecule has 1 N–H and O–H groups in total. The standard InChI is InChI=1S/C23H23N5OS2/c1-14-5-9-18(10-6-14)27-20(29)13-31-23(27)26-25-17(4)21-16(3)24-22(30)28(21)19-11-7-15(2)8-12-19/h5-12H,13H2,1-4H3,(H,24,30)/b25-17+,26-23-. The molecule has 1 saturated heterocycles. The second-order valence-corrected chi connectivity index (χ2v) is 8.83. The Kier molecular flexibility index (Phi) is 5.93. The van der Waals surface area contributed by atoms with Crippen LogP contribution in [0.25, 0.3) is 5.69 Å². The topological polar surface area (TPSA) is 65.8 Å². The van der Waals surface area contributed by atoms with E-state index in [1.54, 1.807) is 4.90 Å². The maximum absolute atomic E-state index is 12.5. The van der Waals surface area contributed by atoms with E-state index in [4.69, 9.17) is 12.2 Å². The number of amides is 1. The lowest BCUT2D eigenvalue weighted by atomic mass is 10.2. The average Bonchev–Trinajstić information content (AvgIpc) is 3.26. The second kappa shape index (κ2) is 8.64. The minimum Gasteiger partial charge on any atom is -0.334 e. The number of hydrogen-bond acceptors (Lipinski definition) is 5. The van der Waals surface area contributed by atoms with Crippen LogP contribution < -0.4 is 4.90 Å². The van der Waals surface area contributed by atoms with Crippen LogP contribution in [0.5, 0.6) is 0 Å². The van der Waals surface area contributed by atoms with Crippen LogP contribution in [0.2, 0.25) is 0 Å². The minimum absolute atomic E-state index is 0.000782. The molecule has 0 atom stereocenters. The molecule has 0 saturated carbocycles. The molecule has 0 spiro atoms. The predicted octanol–water partition coefficient (Wildman–Crippen LogP) is 5.32. The van der Waals surface area contributed by atoms with Gasteiger partial charge in [-0.15, -0.1) is 5.10 Å². The minimum atomic E-state index is 0.000782. The molecular formula is C23H23N5OS2. The Morgan fingerprint density at radius 3 is 2.19 bits per heavy atom. The lowest BCUT2D eigenvalue weighted by Gasteiger charge is -2.15. The summed E-state index contributed by atoms with van der Waals surface area (Å²) < 4.78 is 2.57. The van der Waals surface area contributed by atoms with Gasteiger partial charge in [-0.25, -0.2) is 0 Å². The van der Waals surface area contributed by atoms with E-state index in [0.29, 0.717) is 21.4 Å². The number of H-pyrrole nitrogens is 1. The van der Waals surface area contributed by atoms with Gasteiger partial charge in [0.15, 0.2) is 9.94 Å². The number of aryl methyl sites for hydroxylation is 3. The molecule has 1 aliphatic heterocycles. The Hall–Kier alpha value is -2.97. The van der Waals surface area contributed by atoms with Gasteiger partial charge in [0.25, 0.3) is 0 Å². The molecule has 158 valence electrons. The molecule has 0 unspecified atom stereocenters. The van der Waals surface area contributed by atoms with Gasteiger partial charge in [0.05, 0.1) is 22.8 Å². The van der Waals surface area contributed by atoms with E-state index < -0.39 is 0 Å². The summed E-state index contributed by atoms with van der Waals surface area (Å²) >= 11 is 6.94. The highest BCUT2D eigenvalue weighted by molar-refractivity contribution is 8.15. The molecule has 6 nitrogen and oxygen atoms in total. The normalized spacial score (nSPS) is 15.9. The molecule has 31 heavy (non-hydrogen) atoms. The first-order valence-electron chi connectivity index (χ1n) is 9.89. The maximum Gasteiger partial charge on any atom is 0.243 e. The number of imidazole rings is 1. The smallest absolute Gasteiger partial charge is 0.243 e. The van der Waals surface area contributed by atoms with Gasteiger partial charge < -0.3 is 4.98 Å². The summed E-state index contributed by atoms with van der Waals surface area (Å²) in [5.74, 6) is 0.352. The summed E-state index contributed by atoms with van der Waals surface area (Å²) in [6, 6.07) is 16.0. The zero-order valence-electron chi connectivity index (χ0n) is 17.8. The van der Waals surface area contributed by atoms with Crippen molar-refractivity contribution < 1.29 is 4.79 Å². The molecular weight excluding hydrogens is 426 g/mol. The van der Waals surface area contributed by atoms with Crippen LogP contribution in [0, 0.1) is 25.5 Å². The van der Waals surface area contributed by atoms with Gasteiger partial charge >= 0.3 is 0 Å². The highest BCUT2D eigenvalue weighted by Gasteiger charge is 2.30. The summed E-state index contributed by atoms with van der Waals surface area (Å²) in [7, 11) is 0. The van der Waals surface area contributed by atoms with Crippen molar-refractivity contribution >= 4 is 46.5 Å². The highest BCUT2D eigenvalue weighted by atomic mass is 32.2. The number of amidine groups is 1. The fraction of sp³-hybridized carbons (Fsp3) is 0.217. The molecule has 1 aromatic heterocycles. The van der Waals surface area contributed by atoms with Gasteiger partial charge in [0, 0.05) is 11.4 Å². The van der Waals surface area contributed by atoms with Gasteiger partial charge in [-0.3, -0.25) is 14.3 Å². The Morgan fingerprint density at radius 1 is 1.00 bits per heavy atom. The van der Waals surface area contributed by atoms with E-state index in [1.165, 1.54) is 17.3 Å². The molecule has 3 aromatic rings. The Bertz CT molecular complexity index is 1250. The Labute approximate surface area is 190 Å². The molecule has 1 aliphatic rings. The van der Waals surface area contributed by atoms with E-state index in [2.05, 4.69) is 34.2 Å². The van der Waals surface area contributed by atoms with Crippen LogP contribution in [0.4, 0.5) is 5.69 Å². The summed E-state index contributed by atoms with van der Waals surface area (Å²) in [4.78, 5) is 17.3. The number of carbonyl (C=O) groups is 1. The number of hydrogen-bond donors (Lipinski definition) is 1. The average molecular weight is 450 g/mol. The van der Waals surface area contributed by atoms with Crippen LogP contribution in [0.1, 0.15) is 29.4 Å². The Morgan fingerprint density at radius 2 is 1.58 bits per heavy atom. The van der Waals surface area contributed by atoms with Crippen molar-refractivity contribution in [1.82, 2.24) is 9.55 Å². The molecule has 2 aromatic carbocycles. The van der Waals surface area contributed by atoms with Gasteiger partial charge in [0.2, 0.25) is 5.91 Å². The number of rotatable bonds is 4. The third-order valence-electron chi connectivity index (χ3n) is 5.05. The van der Waals surface area contributed by atoms with Crippen LogP contribution >= 0.6 is 24.0 Å². The quantitative estimate of drug-likeness (QED) is 0.333. The fourth-order valence-corrected chi connectivity index (χ4v) is 4.63. The SMILES string of the molecule is C/C(=N\N=C1/SCC(=O)N1c1ccc(C)cc1)c1c(C)[nH]c(=S)n1-c1ccc(C)cc1. The lowest BCUT2D eigenvalue weighted by Crippen LogP contribution is -2.29. The molecule has 2 heterocycles. The molecule has 1 fully saturated rings.